The van der Waals surface area contributed by atoms with E-state index in [1.54, 1.807) is 0 Å². The predicted molar refractivity (Wildman–Crippen MR) is 113 cm³/mol. The summed E-state index contributed by atoms with van der Waals surface area (Å²) in [7, 11) is 0. The molecule has 144 valence electrons. The molecule has 1 N–H and O–H groups in total. The number of hydrogen-bond donors (Lipinski definition) is 1. The quantitative estimate of drug-likeness (QED) is 0.449. The highest BCUT2D eigenvalue weighted by atomic mass is 32.2. The second-order valence-electron chi connectivity index (χ2n) is 6.80. The smallest absolute Gasteiger partial charge is 0.256 e. The van der Waals surface area contributed by atoms with Gasteiger partial charge in [0.1, 0.15) is 11.2 Å². The van der Waals surface area contributed by atoms with Crippen molar-refractivity contribution < 1.29 is 9.21 Å². The summed E-state index contributed by atoms with van der Waals surface area (Å²) in [6, 6.07) is 15.5. The van der Waals surface area contributed by atoms with Gasteiger partial charge in [-0.05, 0) is 44.2 Å². The summed E-state index contributed by atoms with van der Waals surface area (Å²) in [6.45, 7) is 3.89. The number of thioether (sulfide) groups is 1. The van der Waals surface area contributed by atoms with Crippen molar-refractivity contribution in [1.29, 1.82) is 0 Å². The molecule has 1 amide bonds. The second kappa shape index (κ2) is 6.89. The first-order chi connectivity index (χ1) is 14.1. The van der Waals surface area contributed by atoms with E-state index in [-0.39, 0.29) is 11.7 Å². The van der Waals surface area contributed by atoms with Crippen molar-refractivity contribution in [3.8, 4) is 0 Å². The van der Waals surface area contributed by atoms with Crippen LogP contribution in [-0.2, 0) is 4.79 Å². The van der Waals surface area contributed by atoms with Crippen LogP contribution in [0.1, 0.15) is 11.4 Å². The largest absolute Gasteiger partial charge is 0.456 e. The minimum absolute atomic E-state index is 0.114. The number of fused-ring (bicyclic) bond motifs is 4. The maximum absolute atomic E-state index is 12.5. The Balaban J connectivity index is 1.34. The molecule has 0 atom stereocenters. The van der Waals surface area contributed by atoms with Crippen molar-refractivity contribution in [2.24, 2.45) is 0 Å². The Labute approximate surface area is 170 Å². The number of hydrogen-bond acceptors (Lipinski definition) is 6. The molecule has 3 heterocycles. The fraction of sp³-hybridized carbons (Fsp3) is 0.143. The summed E-state index contributed by atoms with van der Waals surface area (Å²) in [6.07, 6.45) is 0. The van der Waals surface area contributed by atoms with E-state index in [0.29, 0.717) is 10.9 Å². The predicted octanol–water partition coefficient (Wildman–Crippen LogP) is 4.37. The zero-order valence-corrected chi connectivity index (χ0v) is 16.7. The van der Waals surface area contributed by atoms with Crippen LogP contribution in [0.25, 0.3) is 27.7 Å². The first-order valence-corrected chi connectivity index (χ1v) is 10.1. The van der Waals surface area contributed by atoms with E-state index < -0.39 is 0 Å². The third-order valence-electron chi connectivity index (χ3n) is 4.66. The molecule has 0 fully saturated rings. The molecule has 2 aromatic carbocycles. The molecule has 0 saturated heterocycles. The van der Waals surface area contributed by atoms with E-state index in [4.69, 9.17) is 4.42 Å². The zero-order valence-electron chi connectivity index (χ0n) is 15.8. The molecule has 29 heavy (non-hydrogen) atoms. The van der Waals surface area contributed by atoms with Gasteiger partial charge >= 0.3 is 0 Å². The number of furan rings is 1. The number of nitrogens with zero attached hydrogens (tertiary/aromatic N) is 4. The second-order valence-corrected chi connectivity index (χ2v) is 7.75. The average Bonchev–Trinajstić information content (AvgIpc) is 3.27. The Hall–Kier alpha value is -3.39. The third kappa shape index (κ3) is 3.21. The van der Waals surface area contributed by atoms with E-state index in [9.17, 15) is 4.79 Å². The number of rotatable bonds is 4. The Morgan fingerprint density at radius 2 is 1.90 bits per heavy atom. The molecule has 0 unspecified atom stereocenters. The summed E-state index contributed by atoms with van der Waals surface area (Å²) in [5, 5.41) is 13.9. The van der Waals surface area contributed by atoms with Gasteiger partial charge in [-0.2, -0.15) is 0 Å². The molecule has 8 heteroatoms. The van der Waals surface area contributed by atoms with Crippen molar-refractivity contribution in [3.63, 3.8) is 0 Å². The SMILES string of the molecule is Cc1cc(C)n2c(SCC(=O)Nc3ccc4oc5ccccc5c4c3)nnc2n1. The first kappa shape index (κ1) is 17.7. The van der Waals surface area contributed by atoms with Crippen LogP contribution in [0, 0.1) is 13.8 Å². The van der Waals surface area contributed by atoms with Gasteiger partial charge in [-0.25, -0.2) is 4.98 Å². The third-order valence-corrected chi connectivity index (χ3v) is 5.58. The van der Waals surface area contributed by atoms with Gasteiger partial charge in [0.15, 0.2) is 5.16 Å². The lowest BCUT2D eigenvalue weighted by Crippen LogP contribution is -2.14. The molecule has 0 radical (unpaired) electrons. The highest BCUT2D eigenvalue weighted by Gasteiger charge is 2.13. The highest BCUT2D eigenvalue weighted by Crippen LogP contribution is 2.30. The average molecular weight is 403 g/mol. The van der Waals surface area contributed by atoms with Gasteiger partial charge < -0.3 is 9.73 Å². The minimum atomic E-state index is -0.114. The normalized spacial score (nSPS) is 11.5. The number of nitrogens with one attached hydrogen (secondary N) is 1. The van der Waals surface area contributed by atoms with Gasteiger partial charge in [0, 0.05) is 27.8 Å². The topological polar surface area (TPSA) is 85.3 Å². The fourth-order valence-electron chi connectivity index (χ4n) is 3.42. The van der Waals surface area contributed by atoms with Crippen molar-refractivity contribution in [3.05, 3.63) is 59.9 Å². The highest BCUT2D eigenvalue weighted by molar-refractivity contribution is 7.99. The summed E-state index contributed by atoms with van der Waals surface area (Å²) in [4.78, 5) is 16.9. The van der Waals surface area contributed by atoms with Gasteiger partial charge in [-0.15, -0.1) is 10.2 Å². The first-order valence-electron chi connectivity index (χ1n) is 9.12. The van der Waals surface area contributed by atoms with Gasteiger partial charge in [0.2, 0.25) is 5.91 Å². The molecule has 7 nitrogen and oxygen atoms in total. The number of carbonyl (C=O) groups excluding carboxylic acids is 1. The van der Waals surface area contributed by atoms with Crippen LogP contribution in [0.2, 0.25) is 0 Å². The monoisotopic (exact) mass is 403 g/mol. The number of carbonyl (C=O) groups is 1. The molecule has 3 aromatic heterocycles. The molecule has 0 aliphatic heterocycles. The Morgan fingerprint density at radius 3 is 2.79 bits per heavy atom. The van der Waals surface area contributed by atoms with Gasteiger partial charge in [0.25, 0.3) is 5.78 Å². The van der Waals surface area contributed by atoms with Gasteiger partial charge in [-0.1, -0.05) is 30.0 Å². The maximum atomic E-state index is 12.5. The van der Waals surface area contributed by atoms with Crippen molar-refractivity contribution in [2.75, 3.05) is 11.1 Å². The molecule has 0 spiro atoms. The Kier molecular flexibility index (Phi) is 4.21. The van der Waals surface area contributed by atoms with E-state index in [1.807, 2.05) is 66.8 Å². The lowest BCUT2D eigenvalue weighted by molar-refractivity contribution is -0.113. The molecular formula is C21H17N5O2S. The lowest BCUT2D eigenvalue weighted by atomic mass is 10.1. The summed E-state index contributed by atoms with van der Waals surface area (Å²) < 4.78 is 7.68. The summed E-state index contributed by atoms with van der Waals surface area (Å²) in [5.74, 6) is 0.650. The number of para-hydroxylation sites is 1. The molecule has 0 saturated carbocycles. The summed E-state index contributed by atoms with van der Waals surface area (Å²) in [5.41, 5.74) is 4.23. The maximum Gasteiger partial charge on any atom is 0.256 e. The molecule has 5 aromatic rings. The van der Waals surface area contributed by atoms with Crippen LogP contribution in [-0.4, -0.2) is 31.2 Å². The van der Waals surface area contributed by atoms with Crippen molar-refractivity contribution in [1.82, 2.24) is 19.6 Å². The molecule has 0 aliphatic rings. The van der Waals surface area contributed by atoms with E-state index in [0.717, 1.165) is 39.0 Å². The number of amides is 1. The van der Waals surface area contributed by atoms with Gasteiger partial charge in [0.05, 0.1) is 5.75 Å². The van der Waals surface area contributed by atoms with Crippen LogP contribution in [0.5, 0.6) is 0 Å². The van der Waals surface area contributed by atoms with Crippen LogP contribution in [0.3, 0.4) is 0 Å². The number of aromatic nitrogens is 4. The number of anilines is 1. The van der Waals surface area contributed by atoms with Crippen molar-refractivity contribution >= 4 is 51.1 Å². The zero-order chi connectivity index (χ0) is 20.0. The number of aryl methyl sites for hydroxylation is 2. The van der Waals surface area contributed by atoms with Gasteiger partial charge in [-0.3, -0.25) is 9.20 Å². The minimum Gasteiger partial charge on any atom is -0.456 e. The van der Waals surface area contributed by atoms with Crippen LogP contribution >= 0.6 is 11.8 Å². The van der Waals surface area contributed by atoms with E-state index in [1.165, 1.54) is 11.8 Å². The molecule has 0 aliphatic carbocycles. The lowest BCUT2D eigenvalue weighted by Gasteiger charge is -2.06. The summed E-state index contributed by atoms with van der Waals surface area (Å²) >= 11 is 1.33. The Morgan fingerprint density at radius 1 is 1.07 bits per heavy atom. The standard InChI is InChI=1S/C21H17N5O2S/c1-12-9-13(2)26-20(22-12)24-25-21(26)29-11-19(27)23-14-7-8-18-16(10-14)15-5-3-4-6-17(15)28-18/h3-10H,11H2,1-2H3,(H,23,27). The van der Waals surface area contributed by atoms with Crippen LogP contribution in [0.4, 0.5) is 5.69 Å². The fourth-order valence-corrected chi connectivity index (χ4v) is 4.21. The Bertz CT molecular complexity index is 1390. The molecule has 5 rings (SSSR count). The molecular weight excluding hydrogens is 386 g/mol. The number of benzene rings is 2. The van der Waals surface area contributed by atoms with Crippen molar-refractivity contribution in [2.45, 2.75) is 19.0 Å². The van der Waals surface area contributed by atoms with E-state index in [2.05, 4.69) is 20.5 Å². The van der Waals surface area contributed by atoms with E-state index >= 15 is 0 Å². The van der Waals surface area contributed by atoms with Crippen LogP contribution in [0.15, 0.2) is 58.1 Å². The molecule has 0 bridgehead atoms. The van der Waals surface area contributed by atoms with Crippen LogP contribution < -0.4 is 5.32 Å².